The van der Waals surface area contributed by atoms with Crippen LogP contribution in [0.5, 0.6) is 11.5 Å². The van der Waals surface area contributed by atoms with Crippen LogP contribution in [0.1, 0.15) is 30.4 Å². The summed E-state index contributed by atoms with van der Waals surface area (Å²) in [5.74, 6) is -0.206. The van der Waals surface area contributed by atoms with Gasteiger partial charge in [-0.1, -0.05) is 24.3 Å². The number of carbonyl (C=O) groups excluding carboxylic acids is 4. The molecule has 0 bridgehead atoms. The highest BCUT2D eigenvalue weighted by Gasteiger charge is 2.09. The fourth-order valence-electron chi connectivity index (χ4n) is 2.76. The summed E-state index contributed by atoms with van der Waals surface area (Å²) in [6, 6.07) is 14.0. The minimum absolute atomic E-state index is 0.0377. The van der Waals surface area contributed by atoms with Gasteiger partial charge in [-0.25, -0.2) is 0 Å². The maximum absolute atomic E-state index is 11.9. The van der Waals surface area contributed by atoms with E-state index in [1.165, 1.54) is 0 Å². The van der Waals surface area contributed by atoms with Crippen LogP contribution in [-0.4, -0.2) is 37.8 Å². The van der Waals surface area contributed by atoms with Crippen LogP contribution in [0.25, 0.3) is 0 Å². The SMILES string of the molecule is COc1ccc(CC(=O)NNC(=O)CCCC(=O)NNC(=O)Cc2ccc(OC)cc2)cc1. The van der Waals surface area contributed by atoms with Gasteiger partial charge in [-0.05, 0) is 41.8 Å². The maximum Gasteiger partial charge on any atom is 0.242 e. The second kappa shape index (κ2) is 13.4. The molecule has 2 aromatic rings. The molecule has 4 amide bonds. The Kier molecular flexibility index (Phi) is 10.2. The molecule has 4 N–H and O–H groups in total. The van der Waals surface area contributed by atoms with Gasteiger partial charge in [-0.15, -0.1) is 0 Å². The van der Waals surface area contributed by atoms with Crippen LogP contribution in [0.2, 0.25) is 0 Å². The molecule has 2 rings (SSSR count). The normalized spacial score (nSPS) is 10.0. The van der Waals surface area contributed by atoms with Crippen molar-refractivity contribution in [2.45, 2.75) is 32.1 Å². The second-order valence-corrected chi connectivity index (χ2v) is 7.10. The van der Waals surface area contributed by atoms with E-state index in [1.807, 2.05) is 0 Å². The summed E-state index contributed by atoms with van der Waals surface area (Å²) in [4.78, 5) is 47.5. The number of carbonyl (C=O) groups is 4. The summed E-state index contributed by atoms with van der Waals surface area (Å²) in [6.07, 6.45) is 0.526. The van der Waals surface area contributed by atoms with Crippen molar-refractivity contribution in [3.05, 3.63) is 59.7 Å². The molecule has 33 heavy (non-hydrogen) atoms. The molecule has 2 aromatic carbocycles. The van der Waals surface area contributed by atoms with E-state index in [4.69, 9.17) is 9.47 Å². The zero-order valence-electron chi connectivity index (χ0n) is 18.6. The lowest BCUT2D eigenvalue weighted by Crippen LogP contribution is -2.43. The number of hydrogen-bond donors (Lipinski definition) is 4. The first-order valence-electron chi connectivity index (χ1n) is 10.3. The molecule has 0 unspecified atom stereocenters. The minimum atomic E-state index is -0.422. The van der Waals surface area contributed by atoms with E-state index in [-0.39, 0.29) is 43.9 Å². The number of benzene rings is 2. The van der Waals surface area contributed by atoms with Crippen molar-refractivity contribution < 1.29 is 28.7 Å². The molecule has 0 saturated carbocycles. The average Bonchev–Trinajstić information content (AvgIpc) is 2.82. The molecule has 0 aromatic heterocycles. The predicted octanol–water partition coefficient (Wildman–Crippen LogP) is 0.954. The fourth-order valence-corrected chi connectivity index (χ4v) is 2.76. The number of rotatable bonds is 10. The molecule has 176 valence electrons. The van der Waals surface area contributed by atoms with Crippen LogP contribution < -0.4 is 31.2 Å². The number of ether oxygens (including phenoxy) is 2. The van der Waals surface area contributed by atoms with Gasteiger partial charge in [0.2, 0.25) is 23.6 Å². The van der Waals surface area contributed by atoms with Crippen molar-refractivity contribution in [3.63, 3.8) is 0 Å². The lowest BCUT2D eigenvalue weighted by atomic mass is 10.1. The van der Waals surface area contributed by atoms with Crippen molar-refractivity contribution >= 4 is 23.6 Å². The van der Waals surface area contributed by atoms with Gasteiger partial charge in [0.15, 0.2) is 0 Å². The fraction of sp³-hybridized carbons (Fsp3) is 0.304. The zero-order valence-corrected chi connectivity index (χ0v) is 18.6. The van der Waals surface area contributed by atoms with E-state index in [0.29, 0.717) is 11.5 Å². The highest BCUT2D eigenvalue weighted by atomic mass is 16.5. The molecule has 0 aliphatic rings. The van der Waals surface area contributed by atoms with Crippen LogP contribution in [0.3, 0.4) is 0 Å². The summed E-state index contributed by atoms with van der Waals surface area (Å²) in [7, 11) is 3.11. The Hall–Kier alpha value is -4.08. The van der Waals surface area contributed by atoms with Gasteiger partial charge in [-0.2, -0.15) is 0 Å². The van der Waals surface area contributed by atoms with Crippen LogP contribution >= 0.6 is 0 Å². The number of nitrogens with one attached hydrogen (secondary N) is 4. The van der Waals surface area contributed by atoms with Crippen molar-refractivity contribution in [1.82, 2.24) is 21.7 Å². The average molecular weight is 456 g/mol. The molecule has 10 heteroatoms. The van der Waals surface area contributed by atoms with Gasteiger partial charge in [0.1, 0.15) is 11.5 Å². The number of hydrazine groups is 2. The first kappa shape index (κ1) is 25.2. The van der Waals surface area contributed by atoms with Gasteiger partial charge in [-0.3, -0.25) is 40.9 Å². The standard InChI is InChI=1S/C23H28N4O6/c1-32-18-10-6-16(7-11-18)14-22(30)26-24-20(28)4-3-5-21(29)25-27-23(31)15-17-8-12-19(33-2)13-9-17/h6-13H,3-5,14-15H2,1-2H3,(H,24,28)(H,25,29)(H,26,30)(H,27,31). The molecule has 0 spiro atoms. The third-order valence-electron chi connectivity index (χ3n) is 4.54. The first-order chi connectivity index (χ1) is 15.9. The molecule has 0 heterocycles. The summed E-state index contributed by atoms with van der Waals surface area (Å²) in [6.45, 7) is 0. The first-order valence-corrected chi connectivity index (χ1v) is 10.3. The van der Waals surface area contributed by atoms with E-state index < -0.39 is 11.8 Å². The Morgan fingerprint density at radius 1 is 0.576 bits per heavy atom. The smallest absolute Gasteiger partial charge is 0.242 e. The van der Waals surface area contributed by atoms with E-state index in [2.05, 4.69) is 21.7 Å². The Morgan fingerprint density at radius 3 is 1.24 bits per heavy atom. The van der Waals surface area contributed by atoms with Gasteiger partial charge >= 0.3 is 0 Å². The van der Waals surface area contributed by atoms with E-state index in [0.717, 1.165) is 11.1 Å². The summed E-state index contributed by atoms with van der Waals surface area (Å²) >= 11 is 0. The van der Waals surface area contributed by atoms with Gasteiger partial charge < -0.3 is 9.47 Å². The summed E-state index contributed by atoms with van der Waals surface area (Å²) in [5.41, 5.74) is 10.8. The van der Waals surface area contributed by atoms with Gasteiger partial charge in [0.25, 0.3) is 0 Å². The van der Waals surface area contributed by atoms with Crippen molar-refractivity contribution in [2.24, 2.45) is 0 Å². The molecule has 0 fully saturated rings. The topological polar surface area (TPSA) is 135 Å². The third-order valence-corrected chi connectivity index (χ3v) is 4.54. The molecule has 0 saturated heterocycles. The molecular formula is C23H28N4O6. The molecule has 10 nitrogen and oxygen atoms in total. The highest BCUT2D eigenvalue weighted by molar-refractivity contribution is 5.85. The van der Waals surface area contributed by atoms with Crippen LogP contribution in [-0.2, 0) is 32.0 Å². The van der Waals surface area contributed by atoms with Crippen LogP contribution in [0.15, 0.2) is 48.5 Å². The lowest BCUT2D eigenvalue weighted by molar-refractivity contribution is -0.129. The monoisotopic (exact) mass is 456 g/mol. The number of amides is 4. The largest absolute Gasteiger partial charge is 0.497 e. The quantitative estimate of drug-likeness (QED) is 0.393. The summed E-state index contributed by atoms with van der Waals surface area (Å²) < 4.78 is 10.1. The van der Waals surface area contributed by atoms with Gasteiger partial charge in [0, 0.05) is 12.8 Å². The van der Waals surface area contributed by atoms with Gasteiger partial charge in [0.05, 0.1) is 27.1 Å². The van der Waals surface area contributed by atoms with Crippen LogP contribution in [0.4, 0.5) is 0 Å². The third kappa shape index (κ3) is 9.72. The number of methoxy groups -OCH3 is 2. The Morgan fingerprint density at radius 2 is 0.909 bits per heavy atom. The minimum Gasteiger partial charge on any atom is -0.497 e. The van der Waals surface area contributed by atoms with Crippen molar-refractivity contribution in [3.8, 4) is 11.5 Å². The maximum atomic E-state index is 11.9. The zero-order chi connectivity index (χ0) is 24.1. The number of hydrogen-bond acceptors (Lipinski definition) is 6. The lowest BCUT2D eigenvalue weighted by Gasteiger charge is -2.09. The Labute approximate surface area is 192 Å². The van der Waals surface area contributed by atoms with Crippen LogP contribution in [0, 0.1) is 0 Å². The second-order valence-electron chi connectivity index (χ2n) is 7.10. The van der Waals surface area contributed by atoms with E-state index >= 15 is 0 Å². The Balaban J connectivity index is 1.56. The molecule has 0 radical (unpaired) electrons. The summed E-state index contributed by atoms with van der Waals surface area (Å²) in [5, 5.41) is 0. The van der Waals surface area contributed by atoms with E-state index in [9.17, 15) is 19.2 Å². The van der Waals surface area contributed by atoms with E-state index in [1.54, 1.807) is 62.8 Å². The molecule has 0 atom stereocenters. The molecule has 0 aliphatic carbocycles. The molecule has 0 aliphatic heterocycles. The highest BCUT2D eigenvalue weighted by Crippen LogP contribution is 2.12. The van der Waals surface area contributed by atoms with Crippen molar-refractivity contribution in [2.75, 3.05) is 14.2 Å². The Bertz CT molecular complexity index is 867. The predicted molar refractivity (Wildman–Crippen MR) is 120 cm³/mol. The van der Waals surface area contributed by atoms with Crippen molar-refractivity contribution in [1.29, 1.82) is 0 Å². The molecular weight excluding hydrogens is 428 g/mol.